The highest BCUT2D eigenvalue weighted by atomic mass is 32.1. The number of ether oxygens (including phenoxy) is 2. The van der Waals surface area contributed by atoms with Crippen LogP contribution in [0, 0.1) is 0 Å². The Kier molecular flexibility index (Phi) is 4.79. The third-order valence-electron chi connectivity index (χ3n) is 3.08. The molecule has 2 heterocycles. The van der Waals surface area contributed by atoms with Crippen LogP contribution in [0.4, 0.5) is 10.9 Å². The number of anilines is 2. The fraction of sp³-hybridized carbons (Fsp3) is 0.667. The summed E-state index contributed by atoms with van der Waals surface area (Å²) in [6, 6.07) is 0. The molecule has 8 heteroatoms. The van der Waals surface area contributed by atoms with E-state index in [1.165, 1.54) is 11.3 Å². The zero-order valence-corrected chi connectivity index (χ0v) is 12.5. The largest absolute Gasteiger partial charge is 0.383 e. The smallest absolute Gasteiger partial charge is 0.265 e. The summed E-state index contributed by atoms with van der Waals surface area (Å²) in [6.45, 7) is 4.34. The number of rotatable bonds is 6. The van der Waals surface area contributed by atoms with Gasteiger partial charge in [-0.05, 0) is 13.3 Å². The lowest BCUT2D eigenvalue weighted by Gasteiger charge is -2.22. The van der Waals surface area contributed by atoms with Crippen LogP contribution in [-0.4, -0.2) is 49.9 Å². The number of methoxy groups -OCH3 is 1. The molecular weight excluding hydrogens is 280 g/mol. The first-order valence-electron chi connectivity index (χ1n) is 6.43. The van der Waals surface area contributed by atoms with Gasteiger partial charge < -0.3 is 25.8 Å². The van der Waals surface area contributed by atoms with Crippen molar-refractivity contribution in [1.29, 1.82) is 0 Å². The van der Waals surface area contributed by atoms with E-state index < -0.39 is 0 Å². The number of carbonyl (C=O) groups excluding carboxylic acids is 1. The zero-order chi connectivity index (χ0) is 14.6. The van der Waals surface area contributed by atoms with Crippen molar-refractivity contribution < 1.29 is 14.3 Å². The summed E-state index contributed by atoms with van der Waals surface area (Å²) in [5.41, 5.74) is 5.48. The van der Waals surface area contributed by atoms with Crippen LogP contribution in [0.25, 0.3) is 0 Å². The maximum atomic E-state index is 12.2. The number of thiazole rings is 1. The number of hydrogen-bond donors (Lipinski definition) is 3. The predicted octanol–water partition coefficient (Wildman–Crippen LogP) is 0.692. The van der Waals surface area contributed by atoms with Crippen molar-refractivity contribution in [3.8, 4) is 0 Å². The monoisotopic (exact) mass is 300 g/mol. The maximum absolute atomic E-state index is 12.2. The Morgan fingerprint density at radius 3 is 3.10 bits per heavy atom. The molecule has 1 aromatic rings. The van der Waals surface area contributed by atoms with Crippen molar-refractivity contribution >= 4 is 28.2 Å². The number of carbonyl (C=O) groups is 1. The molecule has 0 spiro atoms. The van der Waals surface area contributed by atoms with Crippen LogP contribution in [-0.2, 0) is 9.47 Å². The summed E-state index contributed by atoms with van der Waals surface area (Å²) in [4.78, 5) is 16.8. The number of nitrogens with two attached hydrogens (primary N) is 1. The lowest BCUT2D eigenvalue weighted by Crippen LogP contribution is -2.46. The molecular formula is C12H20N4O3S. The van der Waals surface area contributed by atoms with Crippen molar-refractivity contribution in [3.05, 3.63) is 4.88 Å². The molecule has 4 N–H and O–H groups in total. The van der Waals surface area contributed by atoms with E-state index in [1.54, 1.807) is 7.11 Å². The van der Waals surface area contributed by atoms with Crippen LogP contribution in [0.15, 0.2) is 0 Å². The van der Waals surface area contributed by atoms with Crippen LogP contribution in [0.5, 0.6) is 0 Å². The van der Waals surface area contributed by atoms with Gasteiger partial charge in [-0.2, -0.15) is 0 Å². The molecule has 1 amide bonds. The van der Waals surface area contributed by atoms with Gasteiger partial charge in [0, 0.05) is 20.3 Å². The molecule has 0 aromatic carbocycles. The Balaban J connectivity index is 1.98. The van der Waals surface area contributed by atoms with E-state index >= 15 is 0 Å². The number of nitrogen functional groups attached to an aromatic ring is 1. The Bertz CT molecular complexity index is 471. The molecule has 1 saturated heterocycles. The summed E-state index contributed by atoms with van der Waals surface area (Å²) >= 11 is 1.24. The zero-order valence-electron chi connectivity index (χ0n) is 11.7. The molecule has 112 valence electrons. The van der Waals surface area contributed by atoms with Crippen molar-refractivity contribution in [2.45, 2.75) is 18.9 Å². The molecule has 1 fully saturated rings. The molecule has 0 saturated carbocycles. The minimum absolute atomic E-state index is 0.201. The fourth-order valence-corrected chi connectivity index (χ4v) is 2.73. The van der Waals surface area contributed by atoms with Gasteiger partial charge in [0.15, 0.2) is 5.13 Å². The number of nitrogens with one attached hydrogen (secondary N) is 2. The van der Waals surface area contributed by atoms with Crippen LogP contribution < -0.4 is 16.4 Å². The quantitative estimate of drug-likeness (QED) is 0.669. The molecule has 7 nitrogen and oxygen atoms in total. The first kappa shape index (κ1) is 15.0. The van der Waals surface area contributed by atoms with E-state index in [4.69, 9.17) is 15.2 Å². The Labute approximate surface area is 121 Å². The lowest BCUT2D eigenvalue weighted by atomic mass is 10.0. The van der Waals surface area contributed by atoms with Gasteiger partial charge in [-0.15, -0.1) is 0 Å². The van der Waals surface area contributed by atoms with E-state index in [-0.39, 0.29) is 17.3 Å². The maximum Gasteiger partial charge on any atom is 0.265 e. The minimum atomic E-state index is -0.322. The molecule has 20 heavy (non-hydrogen) atoms. The molecule has 2 rings (SSSR count). The number of amides is 1. The van der Waals surface area contributed by atoms with Gasteiger partial charge in [0.05, 0.1) is 18.8 Å². The number of nitrogens with zero attached hydrogens (tertiary/aromatic N) is 1. The first-order chi connectivity index (χ1) is 9.54. The van der Waals surface area contributed by atoms with Crippen molar-refractivity contribution in [3.63, 3.8) is 0 Å². The molecule has 1 unspecified atom stereocenters. The normalized spacial score (nSPS) is 21.9. The molecule has 1 atom stereocenters. The number of hydrogen-bond acceptors (Lipinski definition) is 7. The molecule has 0 radical (unpaired) electrons. The van der Waals surface area contributed by atoms with Gasteiger partial charge in [-0.25, -0.2) is 4.98 Å². The lowest BCUT2D eigenvalue weighted by molar-refractivity contribution is 0.0894. The minimum Gasteiger partial charge on any atom is -0.383 e. The van der Waals surface area contributed by atoms with Gasteiger partial charge in [-0.3, -0.25) is 4.79 Å². The Hall–Kier alpha value is -1.38. The molecule has 1 aromatic heterocycles. The van der Waals surface area contributed by atoms with Gasteiger partial charge in [0.2, 0.25) is 0 Å². The van der Waals surface area contributed by atoms with Crippen molar-refractivity contribution in [2.75, 3.05) is 44.5 Å². The third kappa shape index (κ3) is 3.59. The SMILES string of the molecule is COCCNc1nc(N)c(C(=O)NC2(C)CCOC2)s1. The summed E-state index contributed by atoms with van der Waals surface area (Å²) < 4.78 is 10.3. The van der Waals surface area contributed by atoms with Gasteiger partial charge in [0.1, 0.15) is 10.7 Å². The van der Waals surface area contributed by atoms with Gasteiger partial charge in [-0.1, -0.05) is 11.3 Å². The molecule has 0 aliphatic carbocycles. The average molecular weight is 300 g/mol. The van der Waals surface area contributed by atoms with E-state index in [2.05, 4.69) is 15.6 Å². The molecule has 1 aliphatic rings. The third-order valence-corrected chi connectivity index (χ3v) is 4.10. The van der Waals surface area contributed by atoms with Crippen LogP contribution >= 0.6 is 11.3 Å². The first-order valence-corrected chi connectivity index (χ1v) is 7.25. The highest BCUT2D eigenvalue weighted by Gasteiger charge is 2.32. The van der Waals surface area contributed by atoms with Crippen molar-refractivity contribution in [2.24, 2.45) is 0 Å². The molecule has 1 aliphatic heterocycles. The number of aromatic nitrogens is 1. The summed E-state index contributed by atoms with van der Waals surface area (Å²) in [5.74, 6) is 0.0442. The van der Waals surface area contributed by atoms with Gasteiger partial charge >= 0.3 is 0 Å². The van der Waals surface area contributed by atoms with Crippen molar-refractivity contribution in [1.82, 2.24) is 10.3 Å². The second kappa shape index (κ2) is 6.38. The second-order valence-corrected chi connectivity index (χ2v) is 5.97. The average Bonchev–Trinajstić information content (AvgIpc) is 2.96. The Morgan fingerprint density at radius 1 is 1.65 bits per heavy atom. The predicted molar refractivity (Wildman–Crippen MR) is 78.2 cm³/mol. The highest BCUT2D eigenvalue weighted by Crippen LogP contribution is 2.26. The Morgan fingerprint density at radius 2 is 2.45 bits per heavy atom. The highest BCUT2D eigenvalue weighted by molar-refractivity contribution is 7.18. The van der Waals surface area contributed by atoms with E-state index in [0.29, 0.717) is 36.4 Å². The van der Waals surface area contributed by atoms with E-state index in [1.807, 2.05) is 6.92 Å². The van der Waals surface area contributed by atoms with Gasteiger partial charge in [0.25, 0.3) is 5.91 Å². The second-order valence-electron chi connectivity index (χ2n) is 4.97. The summed E-state index contributed by atoms with van der Waals surface area (Å²) in [7, 11) is 1.63. The van der Waals surface area contributed by atoms with E-state index in [9.17, 15) is 4.79 Å². The fourth-order valence-electron chi connectivity index (χ4n) is 1.93. The van der Waals surface area contributed by atoms with Crippen LogP contribution in [0.1, 0.15) is 23.0 Å². The van der Waals surface area contributed by atoms with Crippen LogP contribution in [0.2, 0.25) is 0 Å². The summed E-state index contributed by atoms with van der Waals surface area (Å²) in [6.07, 6.45) is 0.802. The summed E-state index contributed by atoms with van der Waals surface area (Å²) in [5, 5.41) is 6.65. The molecule has 0 bridgehead atoms. The van der Waals surface area contributed by atoms with Crippen LogP contribution in [0.3, 0.4) is 0 Å². The van der Waals surface area contributed by atoms with E-state index in [0.717, 1.165) is 6.42 Å². The topological polar surface area (TPSA) is 98.5 Å². The standard InChI is InChI=1S/C12H20N4O3S/c1-12(3-5-19-7-12)16-10(17)8-9(13)15-11(20-8)14-4-6-18-2/h3-7,13H2,1-2H3,(H,14,15)(H,16,17).